The maximum Gasteiger partial charge on any atom is 0.0998 e. The van der Waals surface area contributed by atoms with Gasteiger partial charge in [-0.2, -0.15) is 5.26 Å². The minimum atomic E-state index is 0.436. The molecule has 0 saturated heterocycles. The lowest BCUT2D eigenvalue weighted by molar-refractivity contribution is 0.757. The molecule has 0 bridgehead atoms. The Bertz CT molecular complexity index is 579. The fourth-order valence-corrected chi connectivity index (χ4v) is 1.97. The second-order valence-electron chi connectivity index (χ2n) is 4.49. The fourth-order valence-electron chi connectivity index (χ4n) is 1.97. The van der Waals surface area contributed by atoms with Crippen molar-refractivity contribution >= 4 is 16.5 Å². The monoisotopic (exact) mass is 224 g/mol. The highest BCUT2D eigenvalue weighted by Gasteiger charge is 2.10. The molecule has 2 aromatic carbocycles. The van der Waals surface area contributed by atoms with E-state index in [1.165, 1.54) is 5.69 Å². The maximum atomic E-state index is 9.11. The van der Waals surface area contributed by atoms with Gasteiger partial charge in [-0.05, 0) is 26.0 Å². The van der Waals surface area contributed by atoms with E-state index in [1.807, 2.05) is 30.3 Å². The molecular formula is C15H16N2. The first-order valence-corrected chi connectivity index (χ1v) is 5.80. The Balaban J connectivity index is 2.72. The molecule has 0 aliphatic carbocycles. The van der Waals surface area contributed by atoms with Crippen molar-refractivity contribution in [2.45, 2.75) is 19.9 Å². The molecule has 0 amide bonds. The first-order chi connectivity index (χ1) is 8.15. The van der Waals surface area contributed by atoms with E-state index in [1.54, 1.807) is 0 Å². The van der Waals surface area contributed by atoms with Crippen molar-refractivity contribution in [3.63, 3.8) is 0 Å². The number of hydrogen-bond donors (Lipinski definition) is 0. The highest BCUT2D eigenvalue weighted by molar-refractivity contribution is 5.97. The van der Waals surface area contributed by atoms with Gasteiger partial charge in [-0.1, -0.05) is 24.3 Å². The summed E-state index contributed by atoms with van der Waals surface area (Å²) in [5.74, 6) is 0. The zero-order chi connectivity index (χ0) is 12.4. The molecule has 0 saturated carbocycles. The number of fused-ring (bicyclic) bond motifs is 1. The van der Waals surface area contributed by atoms with Gasteiger partial charge < -0.3 is 4.90 Å². The number of anilines is 1. The minimum absolute atomic E-state index is 0.436. The fraction of sp³-hybridized carbons (Fsp3) is 0.267. The van der Waals surface area contributed by atoms with Crippen molar-refractivity contribution in [3.8, 4) is 6.07 Å². The van der Waals surface area contributed by atoms with E-state index in [0.29, 0.717) is 6.04 Å². The van der Waals surface area contributed by atoms with Crippen LogP contribution in [0.3, 0.4) is 0 Å². The summed E-state index contributed by atoms with van der Waals surface area (Å²) in [5, 5.41) is 11.3. The first-order valence-electron chi connectivity index (χ1n) is 5.80. The second-order valence-corrected chi connectivity index (χ2v) is 4.49. The summed E-state index contributed by atoms with van der Waals surface area (Å²) in [5.41, 5.74) is 1.91. The SMILES string of the molecule is CC(C)N(C)c1ccc(C#N)c2ccccc12. The van der Waals surface area contributed by atoms with E-state index in [0.717, 1.165) is 16.3 Å². The summed E-state index contributed by atoms with van der Waals surface area (Å²) in [6, 6.07) is 14.7. The summed E-state index contributed by atoms with van der Waals surface area (Å²) in [4.78, 5) is 2.23. The first kappa shape index (κ1) is 11.5. The van der Waals surface area contributed by atoms with Crippen molar-refractivity contribution in [2.24, 2.45) is 0 Å². The molecule has 0 heterocycles. The van der Waals surface area contributed by atoms with Gasteiger partial charge in [-0.3, -0.25) is 0 Å². The molecule has 0 fully saturated rings. The molecule has 0 atom stereocenters. The van der Waals surface area contributed by atoms with Crippen LogP contribution in [0.4, 0.5) is 5.69 Å². The predicted molar refractivity (Wildman–Crippen MR) is 72.2 cm³/mol. The summed E-state index contributed by atoms with van der Waals surface area (Å²) >= 11 is 0. The summed E-state index contributed by atoms with van der Waals surface area (Å²) in [6.45, 7) is 4.32. The van der Waals surface area contributed by atoms with E-state index in [-0.39, 0.29) is 0 Å². The van der Waals surface area contributed by atoms with Gasteiger partial charge in [0.05, 0.1) is 11.6 Å². The largest absolute Gasteiger partial charge is 0.372 e. The molecule has 0 spiro atoms. The lowest BCUT2D eigenvalue weighted by atomic mass is 10.0. The molecule has 0 aromatic heterocycles. The number of benzene rings is 2. The average Bonchev–Trinajstić information content (AvgIpc) is 2.36. The molecule has 86 valence electrons. The summed E-state index contributed by atoms with van der Waals surface area (Å²) in [6.07, 6.45) is 0. The average molecular weight is 224 g/mol. The summed E-state index contributed by atoms with van der Waals surface area (Å²) < 4.78 is 0. The van der Waals surface area contributed by atoms with E-state index in [4.69, 9.17) is 5.26 Å². The van der Waals surface area contributed by atoms with Crippen LogP contribution in [0.15, 0.2) is 36.4 Å². The molecule has 0 N–H and O–H groups in total. The molecule has 2 aromatic rings. The highest BCUT2D eigenvalue weighted by Crippen LogP contribution is 2.29. The molecule has 2 rings (SSSR count). The van der Waals surface area contributed by atoms with Gasteiger partial charge >= 0.3 is 0 Å². The van der Waals surface area contributed by atoms with Crippen LogP contribution in [-0.2, 0) is 0 Å². The number of nitriles is 1. The van der Waals surface area contributed by atoms with Crippen LogP contribution in [0.1, 0.15) is 19.4 Å². The van der Waals surface area contributed by atoms with Crippen molar-refractivity contribution in [3.05, 3.63) is 42.0 Å². The van der Waals surface area contributed by atoms with Crippen LogP contribution in [0.25, 0.3) is 10.8 Å². The van der Waals surface area contributed by atoms with Crippen molar-refractivity contribution in [1.29, 1.82) is 5.26 Å². The molecule has 17 heavy (non-hydrogen) atoms. The van der Waals surface area contributed by atoms with Crippen LogP contribution in [-0.4, -0.2) is 13.1 Å². The van der Waals surface area contributed by atoms with Crippen LogP contribution in [0.5, 0.6) is 0 Å². The lowest BCUT2D eigenvalue weighted by Gasteiger charge is -2.25. The number of nitrogens with zero attached hydrogens (tertiary/aromatic N) is 2. The third-order valence-corrected chi connectivity index (χ3v) is 3.18. The number of hydrogen-bond acceptors (Lipinski definition) is 2. The predicted octanol–water partition coefficient (Wildman–Crippen LogP) is 3.56. The van der Waals surface area contributed by atoms with Crippen LogP contribution in [0.2, 0.25) is 0 Å². The smallest absolute Gasteiger partial charge is 0.0998 e. The van der Waals surface area contributed by atoms with Gasteiger partial charge in [-0.25, -0.2) is 0 Å². The van der Waals surface area contributed by atoms with Crippen molar-refractivity contribution in [2.75, 3.05) is 11.9 Å². The van der Waals surface area contributed by atoms with Gasteiger partial charge in [0.2, 0.25) is 0 Å². The Morgan fingerprint density at radius 1 is 1.06 bits per heavy atom. The topological polar surface area (TPSA) is 27.0 Å². The van der Waals surface area contributed by atoms with Crippen LogP contribution >= 0.6 is 0 Å². The molecule has 0 radical (unpaired) electrons. The van der Waals surface area contributed by atoms with Crippen LogP contribution < -0.4 is 4.90 Å². The van der Waals surface area contributed by atoms with Gasteiger partial charge in [0.25, 0.3) is 0 Å². The second kappa shape index (κ2) is 4.47. The molecular weight excluding hydrogens is 208 g/mol. The Morgan fingerprint density at radius 3 is 2.29 bits per heavy atom. The third-order valence-electron chi connectivity index (χ3n) is 3.18. The standard InChI is InChI=1S/C15H16N2/c1-11(2)17(3)15-9-8-12(10-16)13-6-4-5-7-14(13)15/h4-9,11H,1-3H3. The molecule has 2 nitrogen and oxygen atoms in total. The Labute approximate surface area is 102 Å². The van der Waals surface area contributed by atoms with Crippen molar-refractivity contribution in [1.82, 2.24) is 0 Å². The Morgan fingerprint density at radius 2 is 1.71 bits per heavy atom. The number of rotatable bonds is 2. The Kier molecular flexibility index (Phi) is 3.01. The quantitative estimate of drug-likeness (QED) is 0.780. The van der Waals surface area contributed by atoms with E-state index >= 15 is 0 Å². The van der Waals surface area contributed by atoms with Gasteiger partial charge in [0, 0.05) is 29.5 Å². The van der Waals surface area contributed by atoms with E-state index in [9.17, 15) is 0 Å². The maximum absolute atomic E-state index is 9.11. The zero-order valence-corrected chi connectivity index (χ0v) is 10.4. The molecule has 0 aliphatic rings. The van der Waals surface area contributed by atoms with Crippen molar-refractivity contribution < 1.29 is 0 Å². The normalized spacial score (nSPS) is 10.5. The van der Waals surface area contributed by atoms with Gasteiger partial charge in [-0.15, -0.1) is 0 Å². The molecule has 2 heteroatoms. The lowest BCUT2D eigenvalue weighted by Crippen LogP contribution is -2.25. The highest BCUT2D eigenvalue weighted by atomic mass is 15.1. The molecule has 0 unspecified atom stereocenters. The Hall–Kier alpha value is -2.01. The van der Waals surface area contributed by atoms with Gasteiger partial charge in [0.1, 0.15) is 0 Å². The third kappa shape index (κ3) is 1.97. The van der Waals surface area contributed by atoms with E-state index < -0.39 is 0 Å². The van der Waals surface area contributed by atoms with Crippen LogP contribution in [0, 0.1) is 11.3 Å². The summed E-state index contributed by atoms with van der Waals surface area (Å²) in [7, 11) is 2.08. The minimum Gasteiger partial charge on any atom is -0.372 e. The molecule has 0 aliphatic heterocycles. The van der Waals surface area contributed by atoms with E-state index in [2.05, 4.69) is 37.9 Å². The zero-order valence-electron chi connectivity index (χ0n) is 10.4. The van der Waals surface area contributed by atoms with Gasteiger partial charge in [0.15, 0.2) is 0 Å².